The van der Waals surface area contributed by atoms with Gasteiger partial charge in [0.05, 0.1) is 0 Å². The SMILES string of the molecule is CCOC(C)OCC#CC(O)CC. The zero-order chi connectivity index (χ0) is 10.1. The fourth-order valence-corrected chi connectivity index (χ4v) is 0.703. The van der Waals surface area contributed by atoms with Crippen molar-refractivity contribution in [3.8, 4) is 11.8 Å². The van der Waals surface area contributed by atoms with E-state index in [1.54, 1.807) is 0 Å². The largest absolute Gasteiger partial charge is 0.380 e. The Morgan fingerprint density at radius 1 is 1.31 bits per heavy atom. The molecule has 0 saturated heterocycles. The Balaban J connectivity index is 3.46. The third-order valence-corrected chi connectivity index (χ3v) is 1.45. The molecule has 0 aliphatic heterocycles. The van der Waals surface area contributed by atoms with Crippen LogP contribution in [-0.2, 0) is 9.47 Å². The highest BCUT2D eigenvalue weighted by molar-refractivity contribution is 5.04. The summed E-state index contributed by atoms with van der Waals surface area (Å²) in [5.41, 5.74) is 0. The minimum absolute atomic E-state index is 0.224. The first-order valence-corrected chi connectivity index (χ1v) is 4.60. The molecule has 0 heterocycles. The first-order valence-electron chi connectivity index (χ1n) is 4.60. The molecule has 0 spiro atoms. The van der Waals surface area contributed by atoms with Crippen LogP contribution >= 0.6 is 0 Å². The molecule has 0 aromatic carbocycles. The van der Waals surface area contributed by atoms with Crippen LogP contribution in [0.2, 0.25) is 0 Å². The van der Waals surface area contributed by atoms with E-state index < -0.39 is 6.10 Å². The Morgan fingerprint density at radius 2 is 2.00 bits per heavy atom. The lowest BCUT2D eigenvalue weighted by molar-refractivity contribution is -0.117. The lowest BCUT2D eigenvalue weighted by Gasteiger charge is -2.09. The molecule has 2 atom stereocenters. The fourth-order valence-electron chi connectivity index (χ4n) is 0.703. The van der Waals surface area contributed by atoms with Crippen LogP contribution in [0.15, 0.2) is 0 Å². The topological polar surface area (TPSA) is 38.7 Å². The second-order valence-corrected chi connectivity index (χ2v) is 2.58. The van der Waals surface area contributed by atoms with Crippen LogP contribution in [0.5, 0.6) is 0 Å². The third-order valence-electron chi connectivity index (χ3n) is 1.45. The molecule has 0 aliphatic carbocycles. The van der Waals surface area contributed by atoms with Crippen molar-refractivity contribution in [2.45, 2.75) is 39.6 Å². The molecule has 0 bridgehead atoms. The van der Waals surface area contributed by atoms with Crippen LogP contribution in [0.25, 0.3) is 0 Å². The molecular weight excluding hydrogens is 168 g/mol. The normalized spacial score (nSPS) is 14.5. The third kappa shape index (κ3) is 7.79. The fraction of sp³-hybridized carbons (Fsp3) is 0.800. The van der Waals surface area contributed by atoms with Gasteiger partial charge in [0.2, 0.25) is 0 Å². The van der Waals surface area contributed by atoms with Crippen molar-refractivity contribution in [3.05, 3.63) is 0 Å². The Bertz CT molecular complexity index is 169. The number of aliphatic hydroxyl groups is 1. The molecule has 13 heavy (non-hydrogen) atoms. The molecular formula is C10H18O3. The van der Waals surface area contributed by atoms with Crippen molar-refractivity contribution in [2.24, 2.45) is 0 Å². The van der Waals surface area contributed by atoms with E-state index in [2.05, 4.69) is 11.8 Å². The first kappa shape index (κ1) is 12.4. The molecule has 3 heteroatoms. The van der Waals surface area contributed by atoms with Crippen molar-refractivity contribution < 1.29 is 14.6 Å². The standard InChI is InChI=1S/C10H18O3/c1-4-10(11)7-6-8-13-9(3)12-5-2/h9-11H,4-5,8H2,1-3H3. The lowest BCUT2D eigenvalue weighted by Crippen LogP contribution is -2.13. The lowest BCUT2D eigenvalue weighted by atomic mass is 10.3. The van der Waals surface area contributed by atoms with Gasteiger partial charge in [-0.1, -0.05) is 18.8 Å². The highest BCUT2D eigenvalue weighted by atomic mass is 16.7. The number of aliphatic hydroxyl groups excluding tert-OH is 1. The van der Waals surface area contributed by atoms with Gasteiger partial charge in [-0.25, -0.2) is 0 Å². The summed E-state index contributed by atoms with van der Waals surface area (Å²) in [5.74, 6) is 5.38. The molecule has 0 aromatic rings. The van der Waals surface area contributed by atoms with Gasteiger partial charge in [-0.2, -0.15) is 0 Å². The van der Waals surface area contributed by atoms with Crippen LogP contribution < -0.4 is 0 Å². The molecule has 0 fully saturated rings. The van der Waals surface area contributed by atoms with Gasteiger partial charge in [0, 0.05) is 6.61 Å². The summed E-state index contributed by atoms with van der Waals surface area (Å²) < 4.78 is 10.3. The van der Waals surface area contributed by atoms with Gasteiger partial charge in [-0.15, -0.1) is 0 Å². The van der Waals surface area contributed by atoms with E-state index in [1.165, 1.54) is 0 Å². The van der Waals surface area contributed by atoms with Gasteiger partial charge in [0.1, 0.15) is 12.7 Å². The molecule has 76 valence electrons. The van der Waals surface area contributed by atoms with Crippen molar-refractivity contribution in [2.75, 3.05) is 13.2 Å². The highest BCUT2D eigenvalue weighted by Crippen LogP contribution is 1.91. The minimum atomic E-state index is -0.536. The Morgan fingerprint density at radius 3 is 2.54 bits per heavy atom. The van der Waals surface area contributed by atoms with E-state index in [9.17, 15) is 0 Å². The first-order chi connectivity index (χ1) is 6.20. The van der Waals surface area contributed by atoms with E-state index in [0.717, 1.165) is 0 Å². The zero-order valence-electron chi connectivity index (χ0n) is 8.54. The average Bonchev–Trinajstić information content (AvgIpc) is 2.12. The van der Waals surface area contributed by atoms with Gasteiger partial charge in [-0.3, -0.25) is 0 Å². The molecule has 0 saturated carbocycles. The van der Waals surface area contributed by atoms with E-state index in [4.69, 9.17) is 14.6 Å². The number of rotatable bonds is 5. The maximum absolute atomic E-state index is 9.07. The quantitative estimate of drug-likeness (QED) is 0.517. The van der Waals surface area contributed by atoms with Crippen molar-refractivity contribution in [1.29, 1.82) is 0 Å². The molecule has 3 nitrogen and oxygen atoms in total. The van der Waals surface area contributed by atoms with Crippen molar-refractivity contribution in [3.63, 3.8) is 0 Å². The van der Waals surface area contributed by atoms with Crippen LogP contribution in [0.4, 0.5) is 0 Å². The van der Waals surface area contributed by atoms with Crippen molar-refractivity contribution >= 4 is 0 Å². The molecule has 0 rings (SSSR count). The zero-order valence-corrected chi connectivity index (χ0v) is 8.54. The summed E-state index contributed by atoms with van der Waals surface area (Å²) >= 11 is 0. The summed E-state index contributed by atoms with van der Waals surface area (Å²) in [6, 6.07) is 0. The van der Waals surface area contributed by atoms with Crippen LogP contribution in [0.3, 0.4) is 0 Å². The average molecular weight is 186 g/mol. The maximum Gasteiger partial charge on any atom is 0.156 e. The second kappa shape index (κ2) is 8.06. The van der Waals surface area contributed by atoms with Gasteiger partial charge in [-0.05, 0) is 20.3 Å². The minimum Gasteiger partial charge on any atom is -0.380 e. The maximum atomic E-state index is 9.07. The number of hydrogen-bond acceptors (Lipinski definition) is 3. The Hall–Kier alpha value is -0.560. The van der Waals surface area contributed by atoms with E-state index in [1.807, 2.05) is 20.8 Å². The summed E-state index contributed by atoms with van der Waals surface area (Å²) in [4.78, 5) is 0. The van der Waals surface area contributed by atoms with Gasteiger partial charge in [0.25, 0.3) is 0 Å². The smallest absolute Gasteiger partial charge is 0.156 e. The number of hydrogen-bond donors (Lipinski definition) is 1. The molecule has 1 N–H and O–H groups in total. The summed E-state index contributed by atoms with van der Waals surface area (Å²) in [7, 11) is 0. The van der Waals surface area contributed by atoms with Crippen LogP contribution in [-0.4, -0.2) is 30.7 Å². The molecule has 0 aromatic heterocycles. The van der Waals surface area contributed by atoms with Crippen LogP contribution in [0.1, 0.15) is 27.2 Å². The van der Waals surface area contributed by atoms with E-state index in [0.29, 0.717) is 19.6 Å². The molecule has 0 aliphatic rings. The number of ether oxygens (including phenoxy) is 2. The van der Waals surface area contributed by atoms with Crippen LogP contribution in [0, 0.1) is 11.8 Å². The summed E-state index contributed by atoms with van der Waals surface area (Å²) in [6.07, 6.45) is -0.113. The highest BCUT2D eigenvalue weighted by Gasteiger charge is 1.97. The predicted molar refractivity (Wildman–Crippen MR) is 51.1 cm³/mol. The molecule has 0 radical (unpaired) electrons. The summed E-state index contributed by atoms with van der Waals surface area (Å²) in [6.45, 7) is 6.54. The monoisotopic (exact) mass is 186 g/mol. The van der Waals surface area contributed by atoms with E-state index >= 15 is 0 Å². The second-order valence-electron chi connectivity index (χ2n) is 2.58. The summed E-state index contributed by atoms with van der Waals surface area (Å²) in [5, 5.41) is 9.07. The van der Waals surface area contributed by atoms with Gasteiger partial charge in [0.15, 0.2) is 6.29 Å². The van der Waals surface area contributed by atoms with Gasteiger partial charge < -0.3 is 14.6 Å². The molecule has 2 unspecified atom stereocenters. The van der Waals surface area contributed by atoms with Gasteiger partial charge >= 0.3 is 0 Å². The van der Waals surface area contributed by atoms with E-state index in [-0.39, 0.29) is 6.29 Å². The Labute approximate surface area is 80.0 Å². The van der Waals surface area contributed by atoms with Crippen molar-refractivity contribution in [1.82, 2.24) is 0 Å². The predicted octanol–water partition coefficient (Wildman–Crippen LogP) is 1.16. The molecule has 0 amide bonds. The Kier molecular flexibility index (Phi) is 7.71.